The first-order chi connectivity index (χ1) is 9.78. The molecule has 0 bridgehead atoms. The Labute approximate surface area is 123 Å². The summed E-state index contributed by atoms with van der Waals surface area (Å²) in [5.41, 5.74) is 2.05. The number of pyridine rings is 1. The zero-order valence-electron chi connectivity index (χ0n) is 11.2. The van der Waals surface area contributed by atoms with Gasteiger partial charge in [-0.15, -0.1) is 11.8 Å². The predicted octanol–water partition coefficient (Wildman–Crippen LogP) is 3.13. The molecule has 0 fully saturated rings. The van der Waals surface area contributed by atoms with Crippen LogP contribution in [0, 0.1) is 0 Å². The summed E-state index contributed by atoms with van der Waals surface area (Å²) in [5, 5.41) is 2.83. The molecule has 1 N–H and O–H groups in total. The van der Waals surface area contributed by atoms with E-state index in [1.807, 2.05) is 48.7 Å². The molecule has 0 aliphatic carbocycles. The molecule has 3 nitrogen and oxygen atoms in total. The van der Waals surface area contributed by atoms with Crippen molar-refractivity contribution in [3.8, 4) is 0 Å². The number of nitrogens with zero attached hydrogens (tertiary/aromatic N) is 1. The molecular weight excluding hydrogens is 268 g/mol. The molecule has 1 amide bonds. The minimum Gasteiger partial charge on any atom is -0.348 e. The van der Waals surface area contributed by atoms with Crippen molar-refractivity contribution in [2.24, 2.45) is 0 Å². The fourth-order valence-electron chi connectivity index (χ4n) is 1.64. The van der Waals surface area contributed by atoms with Crippen LogP contribution in [0.15, 0.2) is 59.8 Å². The van der Waals surface area contributed by atoms with Crippen LogP contribution in [-0.4, -0.2) is 17.1 Å². The van der Waals surface area contributed by atoms with Gasteiger partial charge in [0.15, 0.2) is 0 Å². The molecule has 2 aromatic rings. The minimum atomic E-state index is -0.101. The van der Waals surface area contributed by atoms with E-state index in [1.54, 1.807) is 30.2 Å². The summed E-state index contributed by atoms with van der Waals surface area (Å²) < 4.78 is 0. The molecule has 0 aliphatic rings. The van der Waals surface area contributed by atoms with Crippen molar-refractivity contribution in [3.05, 3.63) is 66.0 Å². The van der Waals surface area contributed by atoms with Crippen molar-refractivity contribution in [1.29, 1.82) is 0 Å². The lowest BCUT2D eigenvalue weighted by molar-refractivity contribution is -0.116. The number of amides is 1. The number of benzene rings is 1. The van der Waals surface area contributed by atoms with E-state index in [4.69, 9.17) is 0 Å². The zero-order chi connectivity index (χ0) is 14.2. The SMILES string of the molecule is CSc1ccc(C=CC(=O)NCc2ccncc2)cc1. The number of aromatic nitrogens is 1. The van der Waals surface area contributed by atoms with Gasteiger partial charge in [-0.3, -0.25) is 9.78 Å². The van der Waals surface area contributed by atoms with Gasteiger partial charge in [0.1, 0.15) is 0 Å². The molecule has 0 spiro atoms. The third-order valence-electron chi connectivity index (χ3n) is 2.76. The Bertz CT molecular complexity index is 579. The van der Waals surface area contributed by atoms with Crippen molar-refractivity contribution in [3.63, 3.8) is 0 Å². The highest BCUT2D eigenvalue weighted by Crippen LogP contribution is 2.15. The Kier molecular flexibility index (Phi) is 5.38. The van der Waals surface area contributed by atoms with E-state index in [0.29, 0.717) is 6.54 Å². The number of thioether (sulfide) groups is 1. The summed E-state index contributed by atoms with van der Waals surface area (Å²) in [6.45, 7) is 0.511. The molecule has 0 aliphatic heterocycles. The van der Waals surface area contributed by atoms with Crippen molar-refractivity contribution in [2.75, 3.05) is 6.26 Å². The van der Waals surface area contributed by atoms with Crippen LogP contribution < -0.4 is 5.32 Å². The van der Waals surface area contributed by atoms with Crippen LogP contribution in [0.3, 0.4) is 0 Å². The Hall–Kier alpha value is -2.07. The second-order valence-corrected chi connectivity index (χ2v) is 5.06. The number of hydrogen-bond donors (Lipinski definition) is 1. The monoisotopic (exact) mass is 284 g/mol. The van der Waals surface area contributed by atoms with Crippen LogP contribution in [-0.2, 0) is 11.3 Å². The van der Waals surface area contributed by atoms with Gasteiger partial charge in [0.25, 0.3) is 0 Å². The Morgan fingerprint density at radius 2 is 1.90 bits per heavy atom. The summed E-state index contributed by atoms with van der Waals surface area (Å²) in [7, 11) is 0. The molecule has 1 aromatic carbocycles. The molecule has 102 valence electrons. The topological polar surface area (TPSA) is 42.0 Å². The Morgan fingerprint density at radius 3 is 2.55 bits per heavy atom. The van der Waals surface area contributed by atoms with Crippen LogP contribution in [0.25, 0.3) is 6.08 Å². The smallest absolute Gasteiger partial charge is 0.244 e. The highest BCUT2D eigenvalue weighted by atomic mass is 32.2. The number of hydrogen-bond acceptors (Lipinski definition) is 3. The van der Waals surface area contributed by atoms with E-state index in [1.165, 1.54) is 4.90 Å². The second kappa shape index (κ2) is 7.50. The molecule has 0 saturated carbocycles. The van der Waals surface area contributed by atoms with Gasteiger partial charge in [-0.05, 0) is 47.7 Å². The second-order valence-electron chi connectivity index (χ2n) is 4.18. The standard InChI is InChI=1S/C16H16N2OS/c1-20-15-5-2-13(3-6-15)4-7-16(19)18-12-14-8-10-17-11-9-14/h2-11H,12H2,1H3,(H,18,19). The first kappa shape index (κ1) is 14.3. The molecule has 4 heteroatoms. The summed E-state index contributed by atoms with van der Waals surface area (Å²) in [4.78, 5) is 16.8. The minimum absolute atomic E-state index is 0.101. The number of nitrogens with one attached hydrogen (secondary N) is 1. The van der Waals surface area contributed by atoms with Gasteiger partial charge in [0.05, 0.1) is 0 Å². The highest BCUT2D eigenvalue weighted by molar-refractivity contribution is 7.98. The number of carbonyl (C=O) groups excluding carboxylic acids is 1. The molecule has 0 atom stereocenters. The quantitative estimate of drug-likeness (QED) is 0.677. The van der Waals surface area contributed by atoms with Crippen molar-refractivity contribution in [1.82, 2.24) is 10.3 Å². The van der Waals surface area contributed by atoms with Gasteiger partial charge in [-0.1, -0.05) is 12.1 Å². The lowest BCUT2D eigenvalue weighted by Crippen LogP contribution is -2.20. The first-order valence-electron chi connectivity index (χ1n) is 6.27. The van der Waals surface area contributed by atoms with E-state index < -0.39 is 0 Å². The summed E-state index contributed by atoms with van der Waals surface area (Å²) in [6.07, 6.45) is 8.83. The van der Waals surface area contributed by atoms with E-state index in [0.717, 1.165) is 11.1 Å². The molecule has 0 unspecified atom stereocenters. The lowest BCUT2D eigenvalue weighted by atomic mass is 10.2. The van der Waals surface area contributed by atoms with E-state index in [9.17, 15) is 4.79 Å². The predicted molar refractivity (Wildman–Crippen MR) is 83.3 cm³/mol. The maximum atomic E-state index is 11.7. The first-order valence-corrected chi connectivity index (χ1v) is 7.49. The third-order valence-corrected chi connectivity index (χ3v) is 3.50. The fraction of sp³-hybridized carbons (Fsp3) is 0.125. The van der Waals surface area contributed by atoms with Gasteiger partial charge < -0.3 is 5.32 Å². The molecule has 1 heterocycles. The molecule has 0 saturated heterocycles. The summed E-state index contributed by atoms with van der Waals surface area (Å²) in [5.74, 6) is -0.101. The van der Waals surface area contributed by atoms with Crippen molar-refractivity contribution >= 4 is 23.7 Å². The average molecular weight is 284 g/mol. The van der Waals surface area contributed by atoms with Gasteiger partial charge in [-0.2, -0.15) is 0 Å². The van der Waals surface area contributed by atoms with Gasteiger partial charge >= 0.3 is 0 Å². The van der Waals surface area contributed by atoms with E-state index in [-0.39, 0.29) is 5.91 Å². The van der Waals surface area contributed by atoms with Crippen LogP contribution in [0.1, 0.15) is 11.1 Å². The number of rotatable bonds is 5. The zero-order valence-corrected chi connectivity index (χ0v) is 12.1. The molecule has 0 radical (unpaired) electrons. The van der Waals surface area contributed by atoms with Crippen molar-refractivity contribution < 1.29 is 4.79 Å². The Morgan fingerprint density at radius 1 is 1.20 bits per heavy atom. The average Bonchev–Trinajstić information content (AvgIpc) is 2.52. The van der Waals surface area contributed by atoms with Gasteiger partial charge in [0.2, 0.25) is 5.91 Å². The molecular formula is C16H16N2OS. The maximum absolute atomic E-state index is 11.7. The van der Waals surface area contributed by atoms with Crippen LogP contribution in [0.4, 0.5) is 0 Å². The van der Waals surface area contributed by atoms with Crippen LogP contribution >= 0.6 is 11.8 Å². The van der Waals surface area contributed by atoms with E-state index >= 15 is 0 Å². The largest absolute Gasteiger partial charge is 0.348 e. The third kappa shape index (κ3) is 4.55. The van der Waals surface area contributed by atoms with Crippen LogP contribution in [0.5, 0.6) is 0 Å². The highest BCUT2D eigenvalue weighted by Gasteiger charge is 1.96. The molecule has 20 heavy (non-hydrogen) atoms. The van der Waals surface area contributed by atoms with E-state index in [2.05, 4.69) is 10.3 Å². The lowest BCUT2D eigenvalue weighted by Gasteiger charge is -2.01. The molecule has 1 aromatic heterocycles. The maximum Gasteiger partial charge on any atom is 0.244 e. The van der Waals surface area contributed by atoms with Gasteiger partial charge in [0, 0.05) is 29.9 Å². The summed E-state index contributed by atoms with van der Waals surface area (Å²) >= 11 is 1.70. The fourth-order valence-corrected chi connectivity index (χ4v) is 2.04. The Balaban J connectivity index is 1.85. The normalized spacial score (nSPS) is 10.7. The molecule has 2 rings (SSSR count). The van der Waals surface area contributed by atoms with Crippen molar-refractivity contribution in [2.45, 2.75) is 11.4 Å². The number of carbonyl (C=O) groups is 1. The summed E-state index contributed by atoms with van der Waals surface area (Å²) in [6, 6.07) is 11.8. The van der Waals surface area contributed by atoms with Gasteiger partial charge in [-0.25, -0.2) is 0 Å². The van der Waals surface area contributed by atoms with Crippen LogP contribution in [0.2, 0.25) is 0 Å².